The van der Waals surface area contributed by atoms with E-state index in [4.69, 9.17) is 24.1 Å². The van der Waals surface area contributed by atoms with Crippen molar-refractivity contribution in [1.82, 2.24) is 4.98 Å². The number of nitrogens with zero attached hydrogens (tertiary/aromatic N) is 1. The van der Waals surface area contributed by atoms with Crippen LogP contribution in [-0.2, 0) is 23.1 Å². The fourth-order valence-corrected chi connectivity index (χ4v) is 19.3. The first kappa shape index (κ1) is 36.9. The van der Waals surface area contributed by atoms with Gasteiger partial charge in [0.15, 0.2) is 0 Å². The standard InChI is InChI=1S/C33H62N2O5Si2/c1-14-37-32(36)16-15-29-33(40-42(24(8)9,25(10)11)26(12)13)31(39-41(21(2)3,22(4)5)23(6)7)19-30(38-29)27-17-18-35-20-28(27)34/h17-18,20-26,29-31,33H,14-16,19,34H2,1-13H3/t29-,30?,31-,33-/m1/s1. The highest BCUT2D eigenvalue weighted by Crippen LogP contribution is 2.50. The topological polar surface area (TPSA) is 92.9 Å². The first-order valence-electron chi connectivity index (χ1n) is 16.4. The summed E-state index contributed by atoms with van der Waals surface area (Å²) in [6, 6.07) is 1.95. The average molecular weight is 623 g/mol. The Morgan fingerprint density at radius 2 is 1.40 bits per heavy atom. The molecular formula is C33H62N2O5Si2. The number of esters is 1. The Balaban J connectivity index is 2.75. The summed E-state index contributed by atoms with van der Waals surface area (Å²) >= 11 is 0. The van der Waals surface area contributed by atoms with Crippen LogP contribution in [0.4, 0.5) is 5.69 Å². The number of hydrogen-bond donors (Lipinski definition) is 1. The molecule has 4 atom stereocenters. The van der Waals surface area contributed by atoms with Crippen molar-refractivity contribution in [2.45, 2.75) is 167 Å². The number of ether oxygens (including phenoxy) is 2. The molecule has 0 bridgehead atoms. The van der Waals surface area contributed by atoms with Crippen molar-refractivity contribution in [3.8, 4) is 0 Å². The molecule has 42 heavy (non-hydrogen) atoms. The number of anilines is 1. The van der Waals surface area contributed by atoms with Gasteiger partial charge in [0.1, 0.15) is 0 Å². The molecule has 1 aliphatic rings. The second-order valence-corrected chi connectivity index (χ2v) is 24.9. The van der Waals surface area contributed by atoms with E-state index in [1.54, 1.807) is 12.4 Å². The summed E-state index contributed by atoms with van der Waals surface area (Å²) in [7, 11) is -4.63. The van der Waals surface area contributed by atoms with Crippen LogP contribution in [0.15, 0.2) is 18.5 Å². The zero-order chi connectivity index (χ0) is 32.0. The summed E-state index contributed by atoms with van der Waals surface area (Å²) in [6.07, 6.45) is 3.77. The van der Waals surface area contributed by atoms with Crippen molar-refractivity contribution in [2.75, 3.05) is 12.3 Å². The number of nitrogen functional groups attached to an aromatic ring is 1. The first-order valence-corrected chi connectivity index (χ1v) is 20.7. The molecule has 0 aliphatic carbocycles. The molecule has 2 heterocycles. The smallest absolute Gasteiger partial charge is 0.305 e. The molecule has 1 unspecified atom stereocenters. The van der Waals surface area contributed by atoms with Gasteiger partial charge in [-0.2, -0.15) is 0 Å². The average Bonchev–Trinajstić information content (AvgIpc) is 2.88. The van der Waals surface area contributed by atoms with Crippen molar-refractivity contribution in [1.29, 1.82) is 0 Å². The van der Waals surface area contributed by atoms with Gasteiger partial charge in [0.05, 0.1) is 42.9 Å². The molecular weight excluding hydrogens is 561 g/mol. The maximum atomic E-state index is 12.6. The minimum atomic E-state index is -2.33. The van der Waals surface area contributed by atoms with Crippen molar-refractivity contribution in [2.24, 2.45) is 0 Å². The van der Waals surface area contributed by atoms with Crippen LogP contribution in [0.25, 0.3) is 0 Å². The SMILES string of the molecule is CCOC(=O)CC[C@H]1OC(c2ccncc2N)C[C@@H](O[Si](C(C)C)(C(C)C)C(C)C)[C@@H]1O[Si](C(C)C)(C(C)C)C(C)C. The van der Waals surface area contributed by atoms with E-state index in [-0.39, 0.29) is 36.8 Å². The normalized spacial score (nSPS) is 22.3. The van der Waals surface area contributed by atoms with Gasteiger partial charge in [0.2, 0.25) is 16.6 Å². The summed E-state index contributed by atoms with van der Waals surface area (Å²) < 4.78 is 27.5. The molecule has 1 saturated heterocycles. The van der Waals surface area contributed by atoms with Crippen molar-refractivity contribution in [3.05, 3.63) is 24.0 Å². The van der Waals surface area contributed by atoms with Gasteiger partial charge < -0.3 is 24.1 Å². The third-order valence-electron chi connectivity index (χ3n) is 9.80. The van der Waals surface area contributed by atoms with Gasteiger partial charge in [-0.25, -0.2) is 0 Å². The number of carbonyl (C=O) groups is 1. The molecule has 2 N–H and O–H groups in total. The second-order valence-electron chi connectivity index (χ2n) is 14.1. The van der Waals surface area contributed by atoms with Crippen LogP contribution in [-0.4, -0.2) is 52.5 Å². The van der Waals surface area contributed by atoms with E-state index in [0.717, 1.165) is 5.56 Å². The molecule has 9 heteroatoms. The zero-order valence-corrected chi connectivity index (χ0v) is 30.9. The van der Waals surface area contributed by atoms with E-state index >= 15 is 0 Å². The Hall–Kier alpha value is -1.27. The fourth-order valence-electron chi connectivity index (χ4n) is 8.15. The van der Waals surface area contributed by atoms with Gasteiger partial charge >= 0.3 is 5.97 Å². The van der Waals surface area contributed by atoms with Crippen LogP contribution in [0.3, 0.4) is 0 Å². The van der Waals surface area contributed by atoms with E-state index < -0.39 is 16.6 Å². The van der Waals surface area contributed by atoms with Gasteiger partial charge in [-0.1, -0.05) is 83.1 Å². The lowest BCUT2D eigenvalue weighted by Crippen LogP contribution is -2.61. The number of carbonyl (C=O) groups excluding carboxylic acids is 1. The number of nitrogens with two attached hydrogens (primary N) is 1. The summed E-state index contributed by atoms with van der Waals surface area (Å²) in [5.74, 6) is -0.210. The zero-order valence-electron chi connectivity index (χ0n) is 28.9. The maximum Gasteiger partial charge on any atom is 0.305 e. The lowest BCUT2D eigenvalue weighted by molar-refractivity contribution is -0.168. The van der Waals surface area contributed by atoms with Gasteiger partial charge in [-0.3, -0.25) is 9.78 Å². The molecule has 242 valence electrons. The monoisotopic (exact) mass is 622 g/mol. The number of pyridine rings is 1. The Bertz CT molecular complexity index is 941. The van der Waals surface area contributed by atoms with E-state index in [0.29, 0.717) is 58.4 Å². The minimum Gasteiger partial charge on any atom is -0.466 e. The van der Waals surface area contributed by atoms with Crippen molar-refractivity contribution >= 4 is 28.3 Å². The van der Waals surface area contributed by atoms with Crippen LogP contribution in [0.5, 0.6) is 0 Å². The van der Waals surface area contributed by atoms with Crippen LogP contribution in [0.2, 0.25) is 33.2 Å². The van der Waals surface area contributed by atoms with Crippen LogP contribution < -0.4 is 5.73 Å². The van der Waals surface area contributed by atoms with Gasteiger partial charge in [0, 0.05) is 24.6 Å². The molecule has 1 aliphatic heterocycles. The lowest BCUT2D eigenvalue weighted by Gasteiger charge is -2.53. The number of rotatable bonds is 15. The van der Waals surface area contributed by atoms with E-state index in [9.17, 15) is 4.79 Å². The fraction of sp³-hybridized carbons (Fsp3) is 0.818. The quantitative estimate of drug-likeness (QED) is 0.154. The van der Waals surface area contributed by atoms with Crippen LogP contribution >= 0.6 is 0 Å². The Morgan fingerprint density at radius 1 is 0.905 bits per heavy atom. The lowest BCUT2D eigenvalue weighted by atomic mass is 9.92. The molecule has 0 spiro atoms. The van der Waals surface area contributed by atoms with E-state index in [2.05, 4.69) is 88.1 Å². The molecule has 0 saturated carbocycles. The highest BCUT2D eigenvalue weighted by molar-refractivity contribution is 6.78. The third kappa shape index (κ3) is 7.87. The van der Waals surface area contributed by atoms with Crippen molar-refractivity contribution in [3.63, 3.8) is 0 Å². The molecule has 0 aromatic carbocycles. The Kier molecular flexibility index (Phi) is 13.8. The maximum absolute atomic E-state index is 12.6. The van der Waals surface area contributed by atoms with Crippen LogP contribution in [0, 0.1) is 0 Å². The molecule has 0 amide bonds. The van der Waals surface area contributed by atoms with Gasteiger partial charge in [-0.05, 0) is 52.7 Å². The number of aromatic nitrogens is 1. The summed E-state index contributed by atoms with van der Waals surface area (Å²) in [5, 5.41) is 0. The van der Waals surface area contributed by atoms with E-state index in [1.807, 2.05) is 13.0 Å². The summed E-state index contributed by atoms with van der Waals surface area (Å²) in [4.78, 5) is 16.8. The van der Waals surface area contributed by atoms with Gasteiger partial charge in [0.25, 0.3) is 0 Å². The predicted octanol–water partition coefficient (Wildman–Crippen LogP) is 8.96. The summed E-state index contributed by atoms with van der Waals surface area (Å²) in [6.45, 7) is 30.1. The largest absolute Gasteiger partial charge is 0.466 e. The van der Waals surface area contributed by atoms with E-state index in [1.165, 1.54) is 0 Å². The minimum absolute atomic E-state index is 0.189. The Labute approximate surface area is 259 Å². The number of hydrogen-bond acceptors (Lipinski definition) is 7. The van der Waals surface area contributed by atoms with Crippen molar-refractivity contribution < 1.29 is 23.1 Å². The molecule has 0 radical (unpaired) electrons. The predicted molar refractivity (Wildman–Crippen MR) is 179 cm³/mol. The highest BCUT2D eigenvalue weighted by atomic mass is 28.4. The van der Waals surface area contributed by atoms with Gasteiger partial charge in [-0.15, -0.1) is 0 Å². The summed E-state index contributed by atoms with van der Waals surface area (Å²) in [5.41, 5.74) is 10.5. The first-order chi connectivity index (χ1) is 19.6. The molecule has 2 rings (SSSR count). The Morgan fingerprint density at radius 3 is 1.86 bits per heavy atom. The molecule has 7 nitrogen and oxygen atoms in total. The molecule has 1 fully saturated rings. The molecule has 1 aromatic heterocycles. The molecule has 1 aromatic rings. The third-order valence-corrected chi connectivity index (χ3v) is 22.0. The highest BCUT2D eigenvalue weighted by Gasteiger charge is 2.54. The van der Waals surface area contributed by atoms with Crippen LogP contribution in [0.1, 0.15) is 121 Å². The second kappa shape index (κ2) is 15.6.